The van der Waals surface area contributed by atoms with Gasteiger partial charge in [-0.2, -0.15) is 0 Å². The average molecular weight is 418 g/mol. The van der Waals surface area contributed by atoms with Crippen molar-refractivity contribution in [1.82, 2.24) is 9.88 Å². The Kier molecular flexibility index (Phi) is 6.30. The van der Waals surface area contributed by atoms with Crippen molar-refractivity contribution >= 4 is 5.91 Å². The molecule has 1 aliphatic heterocycles. The molecule has 31 heavy (non-hydrogen) atoms. The third-order valence-corrected chi connectivity index (χ3v) is 5.55. The van der Waals surface area contributed by atoms with Gasteiger partial charge in [0.2, 0.25) is 5.91 Å². The number of pyridine rings is 1. The van der Waals surface area contributed by atoms with Crippen LogP contribution in [-0.2, 0) is 11.3 Å². The Hall–Kier alpha value is -3.22. The van der Waals surface area contributed by atoms with Gasteiger partial charge in [-0.1, -0.05) is 30.3 Å². The zero-order chi connectivity index (χ0) is 21.8. The lowest BCUT2D eigenvalue weighted by Crippen LogP contribution is -2.38. The number of benzene rings is 2. The van der Waals surface area contributed by atoms with Crippen LogP contribution in [0.5, 0.6) is 5.75 Å². The van der Waals surface area contributed by atoms with E-state index in [0.29, 0.717) is 12.2 Å². The molecule has 0 spiro atoms. The molecule has 0 bridgehead atoms. The molecular weight excluding hydrogens is 390 g/mol. The van der Waals surface area contributed by atoms with Gasteiger partial charge in [0, 0.05) is 36.3 Å². The Bertz CT molecular complexity index is 1070. The molecule has 2 aromatic carbocycles. The summed E-state index contributed by atoms with van der Waals surface area (Å²) in [5.74, 6) is 0.483. The van der Waals surface area contributed by atoms with E-state index in [4.69, 9.17) is 20.2 Å². The first-order valence-corrected chi connectivity index (χ1v) is 10.4. The summed E-state index contributed by atoms with van der Waals surface area (Å²) < 4.78 is 11.6. The van der Waals surface area contributed by atoms with E-state index >= 15 is 0 Å². The number of primary amides is 1. The first-order valence-electron chi connectivity index (χ1n) is 10.4. The molecule has 0 aliphatic carbocycles. The lowest BCUT2D eigenvalue weighted by Gasteiger charge is -2.33. The lowest BCUT2D eigenvalue weighted by atomic mass is 10.1. The van der Waals surface area contributed by atoms with Crippen molar-refractivity contribution in [3.05, 3.63) is 83.0 Å². The van der Waals surface area contributed by atoms with Crippen molar-refractivity contribution < 1.29 is 14.3 Å². The second-order valence-corrected chi connectivity index (χ2v) is 7.80. The quantitative estimate of drug-likeness (QED) is 0.661. The van der Waals surface area contributed by atoms with Crippen molar-refractivity contribution in [2.24, 2.45) is 5.73 Å². The first-order chi connectivity index (χ1) is 15.0. The minimum atomic E-state index is -0.436. The fourth-order valence-electron chi connectivity index (χ4n) is 3.85. The van der Waals surface area contributed by atoms with Crippen LogP contribution in [0.15, 0.2) is 60.7 Å². The number of ether oxygens (including phenoxy) is 2. The molecule has 1 atom stereocenters. The molecule has 1 fully saturated rings. The van der Waals surface area contributed by atoms with Gasteiger partial charge in [-0.05, 0) is 42.8 Å². The molecular formula is C25H27N3O3. The number of carbonyl (C=O) groups is 1. The summed E-state index contributed by atoms with van der Waals surface area (Å²) in [6.45, 7) is 5.14. The zero-order valence-corrected chi connectivity index (χ0v) is 17.9. The van der Waals surface area contributed by atoms with Gasteiger partial charge in [0.05, 0.1) is 25.1 Å². The molecule has 1 saturated heterocycles. The van der Waals surface area contributed by atoms with Crippen LogP contribution in [0.4, 0.5) is 0 Å². The highest BCUT2D eigenvalue weighted by atomic mass is 16.5. The fraction of sp³-hybridized carbons (Fsp3) is 0.280. The molecule has 6 nitrogen and oxygen atoms in total. The van der Waals surface area contributed by atoms with Crippen LogP contribution in [0.25, 0.3) is 11.3 Å². The second kappa shape index (κ2) is 9.29. The number of hydrogen-bond acceptors (Lipinski definition) is 5. The molecule has 2 heterocycles. The van der Waals surface area contributed by atoms with Crippen molar-refractivity contribution in [1.29, 1.82) is 0 Å². The number of rotatable bonds is 6. The summed E-state index contributed by atoms with van der Waals surface area (Å²) >= 11 is 0. The Balaban J connectivity index is 1.50. The number of nitrogens with zero attached hydrogens (tertiary/aromatic N) is 2. The molecule has 2 N–H and O–H groups in total. The van der Waals surface area contributed by atoms with Crippen LogP contribution < -0.4 is 10.5 Å². The molecule has 0 saturated carbocycles. The van der Waals surface area contributed by atoms with Crippen LogP contribution in [-0.4, -0.2) is 42.6 Å². The number of nitrogens with two attached hydrogens (primary N) is 1. The van der Waals surface area contributed by atoms with Gasteiger partial charge >= 0.3 is 0 Å². The molecule has 1 aromatic heterocycles. The summed E-state index contributed by atoms with van der Waals surface area (Å²) in [6.07, 6.45) is -0.102. The third-order valence-electron chi connectivity index (χ3n) is 5.55. The molecule has 0 radical (unpaired) electrons. The van der Waals surface area contributed by atoms with E-state index in [1.807, 2.05) is 30.3 Å². The van der Waals surface area contributed by atoms with E-state index in [9.17, 15) is 4.79 Å². The smallest absolute Gasteiger partial charge is 0.248 e. The van der Waals surface area contributed by atoms with E-state index < -0.39 is 5.91 Å². The Morgan fingerprint density at radius 3 is 2.74 bits per heavy atom. The van der Waals surface area contributed by atoms with Crippen LogP contribution >= 0.6 is 0 Å². The highest BCUT2D eigenvalue weighted by molar-refractivity contribution is 5.93. The standard InChI is InChI=1S/C25H27N3O3/c1-17-6-7-20(23(14-17)30-2)15-28-12-13-31-24(16-28)22-5-3-4-21(27-22)18-8-10-19(11-9-18)25(26)29/h3-11,14,24H,12-13,15-16H2,1-2H3,(H2,26,29)/t24-/m0/s1. The van der Waals surface area contributed by atoms with E-state index in [1.165, 1.54) is 11.1 Å². The number of methoxy groups -OCH3 is 1. The van der Waals surface area contributed by atoms with E-state index in [2.05, 4.69) is 30.0 Å². The van der Waals surface area contributed by atoms with Gasteiger partial charge < -0.3 is 15.2 Å². The van der Waals surface area contributed by atoms with E-state index in [0.717, 1.165) is 42.3 Å². The molecule has 3 aromatic rings. The third kappa shape index (κ3) is 4.93. The highest BCUT2D eigenvalue weighted by Crippen LogP contribution is 2.27. The molecule has 4 rings (SSSR count). The maximum atomic E-state index is 11.3. The average Bonchev–Trinajstić information content (AvgIpc) is 2.80. The summed E-state index contributed by atoms with van der Waals surface area (Å²) in [5, 5.41) is 0. The summed E-state index contributed by atoms with van der Waals surface area (Å²) in [5.41, 5.74) is 10.9. The SMILES string of the molecule is COc1cc(C)ccc1CN1CCO[C@H](c2cccc(-c3ccc(C(N)=O)cc3)n2)C1. The number of aryl methyl sites for hydroxylation is 1. The molecule has 6 heteroatoms. The van der Waals surface area contributed by atoms with Crippen LogP contribution in [0.1, 0.15) is 33.3 Å². The molecule has 1 amide bonds. The predicted octanol–water partition coefficient (Wildman–Crippen LogP) is 3.74. The van der Waals surface area contributed by atoms with Crippen molar-refractivity contribution in [3.63, 3.8) is 0 Å². The Morgan fingerprint density at radius 1 is 1.19 bits per heavy atom. The normalized spacial score (nSPS) is 16.8. The summed E-state index contributed by atoms with van der Waals surface area (Å²) in [7, 11) is 1.71. The zero-order valence-electron chi connectivity index (χ0n) is 17.9. The van der Waals surface area contributed by atoms with Gasteiger partial charge in [-0.15, -0.1) is 0 Å². The summed E-state index contributed by atoms with van der Waals surface area (Å²) in [4.78, 5) is 18.5. The summed E-state index contributed by atoms with van der Waals surface area (Å²) in [6, 6.07) is 19.4. The maximum absolute atomic E-state index is 11.3. The van der Waals surface area contributed by atoms with Gasteiger partial charge in [0.15, 0.2) is 0 Å². The monoisotopic (exact) mass is 417 g/mol. The topological polar surface area (TPSA) is 77.7 Å². The van der Waals surface area contributed by atoms with Gasteiger partial charge in [0.1, 0.15) is 11.9 Å². The van der Waals surface area contributed by atoms with Crippen LogP contribution in [0.3, 0.4) is 0 Å². The highest BCUT2D eigenvalue weighted by Gasteiger charge is 2.24. The van der Waals surface area contributed by atoms with Crippen molar-refractivity contribution in [3.8, 4) is 17.0 Å². The van der Waals surface area contributed by atoms with Gasteiger partial charge in [0.25, 0.3) is 0 Å². The maximum Gasteiger partial charge on any atom is 0.248 e. The molecule has 0 unspecified atom stereocenters. The van der Waals surface area contributed by atoms with Gasteiger partial charge in [-0.3, -0.25) is 14.7 Å². The van der Waals surface area contributed by atoms with E-state index in [-0.39, 0.29) is 6.10 Å². The minimum absolute atomic E-state index is 0.102. The molecule has 1 aliphatic rings. The number of aromatic nitrogens is 1. The largest absolute Gasteiger partial charge is 0.496 e. The Morgan fingerprint density at radius 2 is 2.00 bits per heavy atom. The minimum Gasteiger partial charge on any atom is -0.496 e. The number of carbonyl (C=O) groups excluding carboxylic acids is 1. The number of morpholine rings is 1. The van der Waals surface area contributed by atoms with Crippen LogP contribution in [0.2, 0.25) is 0 Å². The van der Waals surface area contributed by atoms with E-state index in [1.54, 1.807) is 19.2 Å². The predicted molar refractivity (Wildman–Crippen MR) is 120 cm³/mol. The van der Waals surface area contributed by atoms with Crippen molar-refractivity contribution in [2.45, 2.75) is 19.6 Å². The number of amides is 1. The van der Waals surface area contributed by atoms with Gasteiger partial charge in [-0.25, -0.2) is 0 Å². The fourth-order valence-corrected chi connectivity index (χ4v) is 3.85. The first kappa shape index (κ1) is 21.0. The molecule has 160 valence electrons. The number of hydrogen-bond donors (Lipinski definition) is 1. The lowest BCUT2D eigenvalue weighted by molar-refractivity contribution is -0.0351. The second-order valence-electron chi connectivity index (χ2n) is 7.80. The van der Waals surface area contributed by atoms with Crippen LogP contribution in [0, 0.1) is 6.92 Å². The Labute approximate surface area is 182 Å². The van der Waals surface area contributed by atoms with Crippen molar-refractivity contribution in [2.75, 3.05) is 26.8 Å².